The highest BCUT2D eigenvalue weighted by atomic mass is 32.1. The second kappa shape index (κ2) is 8.47. The average molecular weight is 360 g/mol. The van der Waals surface area contributed by atoms with Crippen molar-refractivity contribution in [1.82, 2.24) is 4.90 Å². The minimum atomic E-state index is -0.533. The van der Waals surface area contributed by atoms with Crippen LogP contribution in [-0.2, 0) is 4.79 Å². The summed E-state index contributed by atoms with van der Waals surface area (Å²) in [6, 6.07) is 9.75. The molecule has 134 valence electrons. The molecule has 0 unspecified atom stereocenters. The lowest BCUT2D eigenvalue weighted by Gasteiger charge is -2.26. The predicted molar refractivity (Wildman–Crippen MR) is 100 cm³/mol. The molecule has 2 aromatic rings. The first kappa shape index (κ1) is 17.9. The third-order valence-electron chi connectivity index (χ3n) is 4.35. The van der Waals surface area contributed by atoms with Gasteiger partial charge in [-0.15, -0.1) is 0 Å². The number of nitrogens with zero attached hydrogens (tertiary/aromatic N) is 1. The summed E-state index contributed by atoms with van der Waals surface area (Å²) in [5, 5.41) is 17.4. The normalized spacial score (nSPS) is 18.9. The minimum Gasteiger partial charge on any atom is -0.491 e. The van der Waals surface area contributed by atoms with Crippen LogP contribution >= 0.6 is 11.3 Å². The van der Waals surface area contributed by atoms with Crippen LogP contribution in [0, 0.1) is 0 Å². The highest BCUT2D eigenvalue weighted by Crippen LogP contribution is 2.33. The van der Waals surface area contributed by atoms with E-state index in [0.717, 1.165) is 18.7 Å². The van der Waals surface area contributed by atoms with Gasteiger partial charge in [0.05, 0.1) is 0 Å². The maximum atomic E-state index is 11.0. The number of rotatable bonds is 7. The van der Waals surface area contributed by atoms with Crippen LogP contribution in [0.15, 0.2) is 41.1 Å². The smallest absolute Gasteiger partial charge is 0.221 e. The van der Waals surface area contributed by atoms with E-state index in [0.29, 0.717) is 18.3 Å². The van der Waals surface area contributed by atoms with Gasteiger partial charge < -0.3 is 15.2 Å². The summed E-state index contributed by atoms with van der Waals surface area (Å²) in [5.41, 5.74) is 2.08. The Kier molecular flexibility index (Phi) is 6.07. The Morgan fingerprint density at radius 3 is 2.88 bits per heavy atom. The zero-order valence-corrected chi connectivity index (χ0v) is 15.2. The largest absolute Gasteiger partial charge is 0.491 e. The fourth-order valence-electron chi connectivity index (χ4n) is 3.24. The van der Waals surface area contributed by atoms with Gasteiger partial charge in [0.2, 0.25) is 5.91 Å². The number of amides is 1. The van der Waals surface area contributed by atoms with Crippen LogP contribution in [0.2, 0.25) is 0 Å². The van der Waals surface area contributed by atoms with E-state index in [2.05, 4.69) is 27.0 Å². The number of β-amino-alcohol motifs (C(OH)–C–C–N with tert-alkyl or cyclic N) is 1. The Balaban J connectivity index is 1.47. The number of thiophene rings is 1. The zero-order chi connectivity index (χ0) is 17.6. The molecule has 25 heavy (non-hydrogen) atoms. The summed E-state index contributed by atoms with van der Waals surface area (Å²) < 4.78 is 5.68. The molecule has 5 nitrogen and oxygen atoms in total. The van der Waals surface area contributed by atoms with E-state index in [1.807, 2.05) is 0 Å². The van der Waals surface area contributed by atoms with E-state index in [1.165, 1.54) is 18.9 Å². The van der Waals surface area contributed by atoms with E-state index < -0.39 is 6.10 Å². The number of anilines is 1. The van der Waals surface area contributed by atoms with Gasteiger partial charge in [0.1, 0.15) is 18.5 Å². The molecule has 2 heterocycles. The molecule has 2 atom stereocenters. The third-order valence-corrected chi connectivity index (χ3v) is 5.06. The minimum absolute atomic E-state index is 0.102. The first-order valence-electron chi connectivity index (χ1n) is 8.56. The maximum Gasteiger partial charge on any atom is 0.221 e. The lowest BCUT2D eigenvalue weighted by atomic mass is 10.1. The lowest BCUT2D eigenvalue weighted by molar-refractivity contribution is -0.114. The number of aliphatic hydroxyl groups excluding tert-OH is 1. The Labute approximate surface area is 152 Å². The molecule has 2 N–H and O–H groups in total. The molecule has 0 bridgehead atoms. The van der Waals surface area contributed by atoms with Crippen LogP contribution in [0.25, 0.3) is 0 Å². The summed E-state index contributed by atoms with van der Waals surface area (Å²) in [5.74, 6) is 0.582. The van der Waals surface area contributed by atoms with E-state index in [4.69, 9.17) is 4.74 Å². The number of nitrogens with one attached hydrogen (secondary N) is 1. The number of aliphatic hydroxyl groups is 1. The van der Waals surface area contributed by atoms with E-state index in [1.54, 1.807) is 35.6 Å². The number of hydrogen-bond acceptors (Lipinski definition) is 5. The van der Waals surface area contributed by atoms with Gasteiger partial charge in [0.15, 0.2) is 0 Å². The molecule has 1 fully saturated rings. The number of hydrogen-bond donors (Lipinski definition) is 2. The second-order valence-corrected chi connectivity index (χ2v) is 7.16. The van der Waals surface area contributed by atoms with Crippen molar-refractivity contribution in [2.24, 2.45) is 0 Å². The van der Waals surface area contributed by atoms with Crippen molar-refractivity contribution in [3.8, 4) is 5.75 Å². The summed E-state index contributed by atoms with van der Waals surface area (Å²) in [7, 11) is 0. The molecule has 1 aliphatic heterocycles. The third kappa shape index (κ3) is 5.04. The van der Waals surface area contributed by atoms with Crippen LogP contribution in [0.5, 0.6) is 5.75 Å². The fraction of sp³-hybridized carbons (Fsp3) is 0.421. The second-order valence-electron chi connectivity index (χ2n) is 6.38. The van der Waals surface area contributed by atoms with Gasteiger partial charge >= 0.3 is 0 Å². The van der Waals surface area contributed by atoms with Crippen molar-refractivity contribution in [2.75, 3.05) is 25.0 Å². The van der Waals surface area contributed by atoms with Gasteiger partial charge in [-0.3, -0.25) is 9.69 Å². The van der Waals surface area contributed by atoms with Crippen LogP contribution in [0.3, 0.4) is 0 Å². The van der Waals surface area contributed by atoms with E-state index >= 15 is 0 Å². The highest BCUT2D eigenvalue weighted by molar-refractivity contribution is 7.07. The van der Waals surface area contributed by atoms with E-state index in [-0.39, 0.29) is 12.5 Å². The van der Waals surface area contributed by atoms with Gasteiger partial charge in [-0.2, -0.15) is 11.3 Å². The number of carbonyl (C=O) groups is 1. The Morgan fingerprint density at radius 2 is 2.20 bits per heavy atom. The van der Waals surface area contributed by atoms with Crippen molar-refractivity contribution in [2.45, 2.75) is 31.9 Å². The van der Waals surface area contributed by atoms with Gasteiger partial charge in [-0.1, -0.05) is 0 Å². The number of carbonyl (C=O) groups excluding carboxylic acids is 1. The maximum absolute atomic E-state index is 11.0. The first-order valence-corrected chi connectivity index (χ1v) is 9.51. The summed E-state index contributed by atoms with van der Waals surface area (Å²) in [6.45, 7) is 3.36. The molecule has 0 spiro atoms. The monoisotopic (exact) mass is 360 g/mol. The van der Waals surface area contributed by atoms with Crippen molar-refractivity contribution in [3.63, 3.8) is 0 Å². The van der Waals surface area contributed by atoms with Gasteiger partial charge in [-0.05, 0) is 66.0 Å². The van der Waals surface area contributed by atoms with Crippen molar-refractivity contribution in [1.29, 1.82) is 0 Å². The van der Waals surface area contributed by atoms with Gasteiger partial charge in [0.25, 0.3) is 0 Å². The van der Waals surface area contributed by atoms with Gasteiger partial charge in [0, 0.05) is 25.2 Å². The van der Waals surface area contributed by atoms with Crippen molar-refractivity contribution in [3.05, 3.63) is 46.7 Å². The molecule has 0 saturated carbocycles. The van der Waals surface area contributed by atoms with Crippen LogP contribution < -0.4 is 10.1 Å². The SMILES string of the molecule is CC(=O)Nc1ccc(OC[C@@H](O)CN2CCC[C@H]2c2ccsc2)cc1. The Morgan fingerprint density at radius 1 is 1.40 bits per heavy atom. The predicted octanol–water partition coefficient (Wildman–Crippen LogP) is 3.28. The molecule has 0 aliphatic carbocycles. The molecule has 1 aromatic heterocycles. The molecule has 1 aliphatic rings. The topological polar surface area (TPSA) is 61.8 Å². The molecule has 3 rings (SSSR count). The Hall–Kier alpha value is -1.89. The Bertz CT molecular complexity index is 672. The fourth-order valence-corrected chi connectivity index (χ4v) is 3.95. The number of likely N-dealkylation sites (tertiary alicyclic amines) is 1. The summed E-state index contributed by atoms with van der Waals surface area (Å²) >= 11 is 1.72. The molecular formula is C19H24N2O3S. The standard InChI is InChI=1S/C19H24N2O3S/c1-14(22)20-16-4-6-18(7-5-16)24-12-17(23)11-21-9-2-3-19(21)15-8-10-25-13-15/h4-8,10,13,17,19,23H,2-3,9,11-12H2,1H3,(H,20,22)/t17-,19-/m0/s1. The van der Waals surface area contributed by atoms with Gasteiger partial charge in [-0.25, -0.2) is 0 Å². The van der Waals surface area contributed by atoms with Crippen LogP contribution in [0.4, 0.5) is 5.69 Å². The molecular weight excluding hydrogens is 336 g/mol. The first-order chi connectivity index (χ1) is 12.1. The van der Waals surface area contributed by atoms with Crippen molar-refractivity contribution < 1.29 is 14.6 Å². The zero-order valence-electron chi connectivity index (χ0n) is 14.4. The highest BCUT2D eigenvalue weighted by Gasteiger charge is 2.27. The summed E-state index contributed by atoms with van der Waals surface area (Å²) in [6.07, 6.45) is 1.78. The average Bonchev–Trinajstić information content (AvgIpc) is 3.24. The van der Waals surface area contributed by atoms with Crippen molar-refractivity contribution >= 4 is 22.9 Å². The summed E-state index contributed by atoms with van der Waals surface area (Å²) in [4.78, 5) is 13.4. The molecule has 1 saturated heterocycles. The number of benzene rings is 1. The lowest BCUT2D eigenvalue weighted by Crippen LogP contribution is -2.35. The van der Waals surface area contributed by atoms with E-state index in [9.17, 15) is 9.90 Å². The number of ether oxygens (including phenoxy) is 1. The van der Waals surface area contributed by atoms with Crippen LogP contribution in [-0.4, -0.2) is 41.7 Å². The van der Waals surface area contributed by atoms with Crippen LogP contribution in [0.1, 0.15) is 31.4 Å². The molecule has 6 heteroatoms. The molecule has 1 amide bonds. The quantitative estimate of drug-likeness (QED) is 0.795. The molecule has 0 radical (unpaired) electrons. The molecule has 1 aromatic carbocycles.